The Labute approximate surface area is 230 Å². The van der Waals surface area contributed by atoms with Crippen LogP contribution in [0.15, 0.2) is 12.2 Å². The number of unbranched alkanes of at least 4 members (excludes halogenated alkanes) is 15. The summed E-state index contributed by atoms with van der Waals surface area (Å²) in [5.74, 6) is -1.23. The van der Waals surface area contributed by atoms with Crippen molar-refractivity contribution < 1.29 is 23.6 Å². The standard InChI is InChI=1S/C31H60O5P/c1-6-9-12-15-18-21-25-34-31(24-28-37(33)30(32)29(4)5,35-26-22-19-16-13-10-7-2)36-27-23-20-17-14-11-8-3/h4,6-28H2,1-3,5H3/q+1. The fourth-order valence-electron chi connectivity index (χ4n) is 4.22. The lowest BCUT2D eigenvalue weighted by Gasteiger charge is -2.32. The van der Waals surface area contributed by atoms with Crippen LogP contribution in [0.3, 0.4) is 0 Å². The molecule has 218 valence electrons. The summed E-state index contributed by atoms with van der Waals surface area (Å²) in [6, 6.07) is 0. The van der Waals surface area contributed by atoms with Crippen LogP contribution < -0.4 is 0 Å². The Morgan fingerprint density at radius 1 is 0.622 bits per heavy atom. The molecule has 0 fully saturated rings. The molecule has 0 aromatic carbocycles. The Morgan fingerprint density at radius 2 is 0.946 bits per heavy atom. The van der Waals surface area contributed by atoms with Gasteiger partial charge in [0.25, 0.3) is 5.97 Å². The average Bonchev–Trinajstić information content (AvgIpc) is 2.89. The number of hydrogen-bond donors (Lipinski definition) is 0. The Hall–Kier alpha value is -0.610. The maximum Gasteiger partial charge on any atom is 0.420 e. The van der Waals surface area contributed by atoms with Gasteiger partial charge in [-0.15, -0.1) is 0 Å². The highest BCUT2D eigenvalue weighted by atomic mass is 31.1. The van der Waals surface area contributed by atoms with Crippen LogP contribution in [0.25, 0.3) is 0 Å². The zero-order valence-corrected chi connectivity index (χ0v) is 25.9. The van der Waals surface area contributed by atoms with E-state index in [1.807, 2.05) is 0 Å². The van der Waals surface area contributed by atoms with Crippen molar-refractivity contribution in [2.75, 3.05) is 26.0 Å². The third kappa shape index (κ3) is 21.0. The first-order valence-electron chi connectivity index (χ1n) is 15.5. The van der Waals surface area contributed by atoms with E-state index in [2.05, 4.69) is 27.4 Å². The molecule has 0 radical (unpaired) electrons. The Kier molecular flexibility index (Phi) is 25.2. The van der Waals surface area contributed by atoms with Crippen molar-refractivity contribution in [1.82, 2.24) is 0 Å². The molecule has 0 aliphatic carbocycles. The first kappa shape index (κ1) is 36.4. The van der Waals surface area contributed by atoms with Gasteiger partial charge in [0.2, 0.25) is 0 Å². The average molecular weight is 544 g/mol. The fraction of sp³-hybridized carbons (Fsp3) is 0.903. The van der Waals surface area contributed by atoms with E-state index in [4.69, 9.17) is 14.2 Å². The van der Waals surface area contributed by atoms with Crippen molar-refractivity contribution >= 4 is 13.3 Å². The summed E-state index contributed by atoms with van der Waals surface area (Å²) in [4.78, 5) is 12.2. The first-order valence-corrected chi connectivity index (χ1v) is 16.9. The molecule has 1 atom stereocenters. The third-order valence-electron chi connectivity index (χ3n) is 6.67. The second-order valence-electron chi connectivity index (χ2n) is 10.5. The normalized spacial score (nSPS) is 12.2. The minimum atomic E-state index is -2.06. The monoisotopic (exact) mass is 543 g/mol. The molecule has 0 bridgehead atoms. The number of carbonyl (C=O) groups is 1. The highest BCUT2D eigenvalue weighted by Crippen LogP contribution is 2.32. The summed E-state index contributed by atoms with van der Waals surface area (Å²) in [6.45, 7) is 13.6. The van der Waals surface area contributed by atoms with Crippen LogP contribution in [-0.2, 0) is 23.6 Å². The first-order chi connectivity index (χ1) is 17.9. The summed E-state index contributed by atoms with van der Waals surface area (Å²) in [6.07, 6.45) is 21.6. The summed E-state index contributed by atoms with van der Waals surface area (Å²) >= 11 is 0. The van der Waals surface area contributed by atoms with Crippen LogP contribution in [-0.4, -0.2) is 37.5 Å². The summed E-state index contributed by atoms with van der Waals surface area (Å²) in [5, 5.41) is 0. The maximum absolute atomic E-state index is 12.6. The van der Waals surface area contributed by atoms with Gasteiger partial charge in [-0.25, -0.2) is 4.79 Å². The van der Waals surface area contributed by atoms with Crippen LogP contribution in [0.2, 0.25) is 0 Å². The van der Waals surface area contributed by atoms with Gasteiger partial charge >= 0.3 is 13.3 Å². The molecule has 5 nitrogen and oxygen atoms in total. The van der Waals surface area contributed by atoms with E-state index in [0.717, 1.165) is 38.5 Å². The molecule has 0 rings (SSSR count). The molecule has 0 aromatic rings. The lowest BCUT2D eigenvalue weighted by molar-refractivity contribution is -0.381. The van der Waals surface area contributed by atoms with Crippen molar-refractivity contribution in [3.05, 3.63) is 12.2 Å². The molecule has 0 N–H and O–H groups in total. The van der Waals surface area contributed by atoms with Crippen LogP contribution in [0.5, 0.6) is 0 Å². The molecule has 0 heterocycles. The molecule has 0 aliphatic rings. The number of allylic oxidation sites excluding steroid dienone is 1. The van der Waals surface area contributed by atoms with Crippen molar-refractivity contribution in [3.8, 4) is 0 Å². The highest BCUT2D eigenvalue weighted by Gasteiger charge is 2.39. The molecule has 0 spiro atoms. The molecule has 0 aliphatic heterocycles. The van der Waals surface area contributed by atoms with Gasteiger partial charge in [-0.05, 0) is 26.2 Å². The molecule has 0 aromatic heterocycles. The maximum atomic E-state index is 12.6. The van der Waals surface area contributed by atoms with Gasteiger partial charge in [-0.2, -0.15) is 0 Å². The van der Waals surface area contributed by atoms with E-state index < -0.39 is 13.8 Å². The van der Waals surface area contributed by atoms with E-state index >= 15 is 0 Å². The van der Waals surface area contributed by atoms with Crippen molar-refractivity contribution in [2.45, 2.75) is 156 Å². The molecular weight excluding hydrogens is 483 g/mol. The number of hydrogen-bond acceptors (Lipinski definition) is 5. The fourth-order valence-corrected chi connectivity index (χ4v) is 5.33. The summed E-state index contributed by atoms with van der Waals surface area (Å²) in [7, 11) is -2.06. The topological polar surface area (TPSA) is 61.8 Å². The predicted octanol–water partition coefficient (Wildman–Crippen LogP) is 10.1. The number of ether oxygens (including phenoxy) is 3. The van der Waals surface area contributed by atoms with Crippen molar-refractivity contribution in [3.63, 3.8) is 0 Å². The second kappa shape index (κ2) is 25.7. The summed E-state index contributed by atoms with van der Waals surface area (Å²) in [5.41, 5.74) is -0.0348. The smallest absolute Gasteiger partial charge is 0.327 e. The Balaban J connectivity index is 5.09. The minimum Gasteiger partial charge on any atom is -0.327 e. The van der Waals surface area contributed by atoms with Gasteiger partial charge in [-0.3, -0.25) is 0 Å². The summed E-state index contributed by atoms with van der Waals surface area (Å²) < 4.78 is 31.6. The zero-order valence-electron chi connectivity index (χ0n) is 25.0. The van der Waals surface area contributed by atoms with Gasteiger partial charge in [0.15, 0.2) is 6.16 Å². The molecule has 0 amide bonds. The second-order valence-corrected chi connectivity index (χ2v) is 12.1. The molecular formula is C31H60O5P+. The lowest BCUT2D eigenvalue weighted by atomic mass is 10.1. The number of rotatable bonds is 29. The van der Waals surface area contributed by atoms with Crippen molar-refractivity contribution in [1.29, 1.82) is 0 Å². The van der Waals surface area contributed by atoms with E-state index in [1.54, 1.807) is 6.92 Å². The van der Waals surface area contributed by atoms with Gasteiger partial charge in [-0.1, -0.05) is 128 Å². The van der Waals surface area contributed by atoms with E-state index in [-0.39, 0.29) is 11.7 Å². The molecule has 37 heavy (non-hydrogen) atoms. The van der Waals surface area contributed by atoms with Crippen LogP contribution in [0.1, 0.15) is 150 Å². The quantitative estimate of drug-likeness (QED) is 0.0406. The molecule has 6 heteroatoms. The Morgan fingerprint density at radius 3 is 1.27 bits per heavy atom. The lowest BCUT2D eigenvalue weighted by Crippen LogP contribution is -2.41. The number of carbonyl (C=O) groups excluding carboxylic acids is 1. The predicted molar refractivity (Wildman–Crippen MR) is 158 cm³/mol. The zero-order chi connectivity index (χ0) is 27.6. The van der Waals surface area contributed by atoms with E-state index in [1.165, 1.54) is 77.0 Å². The SMILES string of the molecule is C=C(C)C(=O)[P+](=O)CCC(OCCCCCCCC)(OCCCCCCCC)OCCCCCCCC. The van der Waals surface area contributed by atoms with Gasteiger partial charge in [0.1, 0.15) is 0 Å². The van der Waals surface area contributed by atoms with Gasteiger partial charge < -0.3 is 14.2 Å². The molecule has 1 unspecified atom stereocenters. The Bertz CT molecular complexity index is 532. The molecule has 0 saturated heterocycles. The van der Waals surface area contributed by atoms with E-state index in [9.17, 15) is 9.36 Å². The molecule has 0 saturated carbocycles. The van der Waals surface area contributed by atoms with Gasteiger partial charge in [0.05, 0.1) is 26.2 Å². The largest absolute Gasteiger partial charge is 0.420 e. The highest BCUT2D eigenvalue weighted by molar-refractivity contribution is 7.64. The van der Waals surface area contributed by atoms with Crippen LogP contribution >= 0.6 is 7.80 Å². The van der Waals surface area contributed by atoms with Crippen molar-refractivity contribution in [2.24, 2.45) is 0 Å². The van der Waals surface area contributed by atoms with Crippen LogP contribution in [0, 0.1) is 0 Å². The minimum absolute atomic E-state index is 0.185. The van der Waals surface area contributed by atoms with E-state index in [0.29, 0.717) is 31.8 Å². The van der Waals surface area contributed by atoms with Gasteiger partial charge in [0, 0.05) is 5.57 Å². The van der Waals surface area contributed by atoms with Crippen LogP contribution in [0.4, 0.5) is 0 Å². The third-order valence-corrected chi connectivity index (χ3v) is 8.14.